The summed E-state index contributed by atoms with van der Waals surface area (Å²) in [4.78, 5) is 48.3. The molecule has 9 N–H and O–H groups in total. The monoisotopic (exact) mass is 597 g/mol. The van der Waals surface area contributed by atoms with E-state index in [2.05, 4.69) is 28.1 Å². The summed E-state index contributed by atoms with van der Waals surface area (Å²) in [7, 11) is -16.7. The first kappa shape index (κ1) is 29.5. The number of anilines is 1. The van der Waals surface area contributed by atoms with E-state index in [9.17, 15) is 33.7 Å². The van der Waals surface area contributed by atoms with Crippen LogP contribution in [0.1, 0.15) is 6.23 Å². The summed E-state index contributed by atoms with van der Waals surface area (Å²) >= 11 is 1.15. The standard InChI is InChI=1S/C13H22N5O14P3S/c14-13-16-10-8(11(17-13)36-2-1-19)15-5-18(10)12-9(21)6(3-20)7(30-12)4-29-34(25,26)32-35(27,28)31-33(22,23)24/h5-7,9,12,19-21H,1-4H2,(H,25,26)(H,27,28)(H2,14,16,17)(H2,22,23,24)/t6-,7-,9-,12-/m1/s1. The molecule has 19 nitrogen and oxygen atoms in total. The molecule has 3 rings (SSSR count). The summed E-state index contributed by atoms with van der Waals surface area (Å²) in [5.74, 6) is -0.960. The Kier molecular flexibility index (Phi) is 9.31. The fourth-order valence-corrected chi connectivity index (χ4v) is 6.97. The smallest absolute Gasteiger partial charge is 0.396 e. The number of imidazole rings is 1. The highest BCUT2D eigenvalue weighted by Crippen LogP contribution is 2.66. The van der Waals surface area contributed by atoms with Gasteiger partial charge in [-0.15, -0.1) is 11.8 Å². The van der Waals surface area contributed by atoms with E-state index in [1.165, 1.54) is 10.9 Å². The molecular formula is C13H22N5O14P3S. The molecule has 2 aromatic heterocycles. The Labute approximate surface area is 205 Å². The lowest BCUT2D eigenvalue weighted by Gasteiger charge is -2.20. The zero-order valence-electron chi connectivity index (χ0n) is 17.8. The summed E-state index contributed by atoms with van der Waals surface area (Å²) in [6, 6.07) is 0. The summed E-state index contributed by atoms with van der Waals surface area (Å²) in [5, 5.41) is 29.8. The largest absolute Gasteiger partial charge is 0.490 e. The average molecular weight is 597 g/mol. The minimum atomic E-state index is -5.72. The normalized spacial score (nSPS) is 26.2. The van der Waals surface area contributed by atoms with E-state index in [0.717, 1.165) is 11.8 Å². The number of nitrogen functional groups attached to an aromatic ring is 1. The van der Waals surface area contributed by atoms with Gasteiger partial charge in [-0.2, -0.15) is 13.6 Å². The van der Waals surface area contributed by atoms with Gasteiger partial charge in [0.05, 0.1) is 32.3 Å². The molecule has 23 heteroatoms. The second-order valence-electron chi connectivity index (χ2n) is 7.07. The van der Waals surface area contributed by atoms with Crippen molar-refractivity contribution < 1.29 is 66.5 Å². The van der Waals surface area contributed by atoms with Crippen LogP contribution in [0.4, 0.5) is 5.95 Å². The number of rotatable bonds is 12. The van der Waals surface area contributed by atoms with E-state index in [0.29, 0.717) is 5.03 Å². The number of hydrogen-bond acceptors (Lipinski definition) is 15. The van der Waals surface area contributed by atoms with Crippen LogP contribution in [0.5, 0.6) is 0 Å². The van der Waals surface area contributed by atoms with Crippen molar-refractivity contribution in [3.63, 3.8) is 0 Å². The number of fused-ring (bicyclic) bond motifs is 1. The zero-order valence-corrected chi connectivity index (χ0v) is 21.3. The van der Waals surface area contributed by atoms with Gasteiger partial charge in [-0.1, -0.05) is 0 Å². The number of phosphoric ester groups is 1. The maximum absolute atomic E-state index is 12.0. The molecule has 1 aliphatic heterocycles. The highest BCUT2D eigenvalue weighted by molar-refractivity contribution is 7.99. The number of ether oxygens (including phenoxy) is 1. The van der Waals surface area contributed by atoms with Crippen LogP contribution in [0.25, 0.3) is 11.2 Å². The van der Waals surface area contributed by atoms with Crippen molar-refractivity contribution in [1.29, 1.82) is 0 Å². The average Bonchev–Trinajstić information content (AvgIpc) is 3.28. The number of aromatic nitrogens is 4. The fourth-order valence-electron chi connectivity index (χ4n) is 3.22. The number of thioether (sulfide) groups is 1. The van der Waals surface area contributed by atoms with Gasteiger partial charge in [0.25, 0.3) is 0 Å². The summed E-state index contributed by atoms with van der Waals surface area (Å²) in [6.45, 7) is -1.72. The van der Waals surface area contributed by atoms with Gasteiger partial charge in [-0.05, 0) is 0 Å². The first-order valence-corrected chi connectivity index (χ1v) is 15.1. The Morgan fingerprint density at radius 1 is 1.11 bits per heavy atom. The molecule has 2 unspecified atom stereocenters. The number of hydrogen-bond donors (Lipinski definition) is 8. The number of aliphatic hydroxyl groups is 3. The number of phosphoric acid groups is 3. The maximum atomic E-state index is 12.0. The highest BCUT2D eigenvalue weighted by Gasteiger charge is 2.47. The molecule has 1 saturated heterocycles. The number of aliphatic hydroxyl groups excluding tert-OH is 3. The molecule has 3 heterocycles. The Morgan fingerprint density at radius 3 is 2.42 bits per heavy atom. The maximum Gasteiger partial charge on any atom is 0.490 e. The van der Waals surface area contributed by atoms with E-state index in [1.54, 1.807) is 0 Å². The van der Waals surface area contributed by atoms with Gasteiger partial charge in [0.2, 0.25) is 5.95 Å². The predicted octanol–water partition coefficient (Wildman–Crippen LogP) is -1.30. The van der Waals surface area contributed by atoms with E-state index in [1.807, 2.05) is 0 Å². The fraction of sp³-hybridized carbons (Fsp3) is 0.615. The van der Waals surface area contributed by atoms with Crippen LogP contribution in [0.2, 0.25) is 0 Å². The Balaban J connectivity index is 1.78. The van der Waals surface area contributed by atoms with Crippen LogP contribution in [-0.4, -0.2) is 92.2 Å². The third-order valence-corrected chi connectivity index (χ3v) is 9.31. The first-order valence-electron chi connectivity index (χ1n) is 9.63. The van der Waals surface area contributed by atoms with Crippen LogP contribution >= 0.6 is 35.2 Å². The van der Waals surface area contributed by atoms with E-state index in [4.69, 9.17) is 25.4 Å². The van der Waals surface area contributed by atoms with E-state index >= 15 is 0 Å². The predicted molar refractivity (Wildman–Crippen MR) is 118 cm³/mol. The SMILES string of the molecule is Nc1nc(SCCO)c2ncn([C@@H]3O[C@H](COP(=O)(O)OP(=O)(O)OP(=O)(O)O)[C@@H](CO)[C@H]3O)c2n1. The van der Waals surface area contributed by atoms with Gasteiger partial charge in [-0.3, -0.25) is 9.09 Å². The third-order valence-electron chi connectivity index (χ3n) is 4.56. The second kappa shape index (κ2) is 11.4. The van der Waals surface area contributed by atoms with Gasteiger partial charge in [0.15, 0.2) is 11.9 Å². The van der Waals surface area contributed by atoms with Crippen LogP contribution in [-0.2, 0) is 31.6 Å². The van der Waals surface area contributed by atoms with Gasteiger partial charge in [0, 0.05) is 11.7 Å². The van der Waals surface area contributed by atoms with Crippen LogP contribution < -0.4 is 5.73 Å². The van der Waals surface area contributed by atoms with Crippen LogP contribution in [0, 0.1) is 5.92 Å². The minimum absolute atomic E-state index is 0.136. The Hall–Kier alpha value is -1.05. The summed E-state index contributed by atoms with van der Waals surface area (Å²) < 4.78 is 52.9. The van der Waals surface area contributed by atoms with Gasteiger partial charge < -0.3 is 45.4 Å². The van der Waals surface area contributed by atoms with Crippen LogP contribution in [0.15, 0.2) is 11.4 Å². The van der Waals surface area contributed by atoms with Crippen molar-refractivity contribution >= 4 is 52.3 Å². The van der Waals surface area contributed by atoms with Crippen molar-refractivity contribution in [2.75, 3.05) is 31.3 Å². The molecular weight excluding hydrogens is 575 g/mol. The van der Waals surface area contributed by atoms with Crippen molar-refractivity contribution in [1.82, 2.24) is 19.5 Å². The minimum Gasteiger partial charge on any atom is -0.396 e. The van der Waals surface area contributed by atoms with Crippen LogP contribution in [0.3, 0.4) is 0 Å². The molecule has 0 saturated carbocycles. The molecule has 2 aromatic rings. The summed E-state index contributed by atoms with van der Waals surface area (Å²) in [5.41, 5.74) is 6.16. The third kappa shape index (κ3) is 7.28. The lowest BCUT2D eigenvalue weighted by molar-refractivity contribution is -0.0490. The van der Waals surface area contributed by atoms with Gasteiger partial charge in [-0.25, -0.2) is 23.7 Å². The van der Waals surface area contributed by atoms with Crippen molar-refractivity contribution in [2.24, 2.45) is 5.92 Å². The molecule has 0 radical (unpaired) electrons. The molecule has 204 valence electrons. The van der Waals surface area contributed by atoms with E-state index < -0.39 is 61.0 Å². The highest BCUT2D eigenvalue weighted by atomic mass is 32.2. The Morgan fingerprint density at radius 2 is 1.81 bits per heavy atom. The lowest BCUT2D eigenvalue weighted by Crippen LogP contribution is -2.31. The molecule has 0 spiro atoms. The molecule has 0 bridgehead atoms. The Bertz CT molecular complexity index is 1230. The van der Waals surface area contributed by atoms with Crippen molar-refractivity contribution in [3.8, 4) is 0 Å². The molecule has 1 aliphatic rings. The molecule has 0 aliphatic carbocycles. The van der Waals surface area contributed by atoms with Crippen molar-refractivity contribution in [3.05, 3.63) is 6.33 Å². The second-order valence-corrected chi connectivity index (χ2v) is 12.6. The number of nitrogens with two attached hydrogens (primary N) is 1. The van der Waals surface area contributed by atoms with Gasteiger partial charge >= 0.3 is 23.5 Å². The topological polar surface area (TPSA) is 299 Å². The van der Waals surface area contributed by atoms with E-state index in [-0.39, 0.29) is 29.5 Å². The summed E-state index contributed by atoms with van der Waals surface area (Å²) in [6.07, 6.45) is -2.74. The number of nitrogens with zero attached hydrogens (tertiary/aromatic N) is 4. The van der Waals surface area contributed by atoms with Crippen molar-refractivity contribution in [2.45, 2.75) is 23.5 Å². The van der Waals surface area contributed by atoms with Gasteiger partial charge in [0.1, 0.15) is 16.6 Å². The lowest BCUT2D eigenvalue weighted by atomic mass is 9.99. The first-order chi connectivity index (χ1) is 16.7. The molecule has 6 atom stereocenters. The quantitative estimate of drug-likeness (QED) is 0.0801. The zero-order chi connectivity index (χ0) is 26.9. The molecule has 0 amide bonds. The molecule has 36 heavy (non-hydrogen) atoms. The molecule has 0 aromatic carbocycles. The molecule has 1 fully saturated rings.